The van der Waals surface area contributed by atoms with E-state index in [2.05, 4.69) is 18.8 Å². The van der Waals surface area contributed by atoms with Crippen molar-refractivity contribution >= 4 is 11.4 Å². The van der Waals surface area contributed by atoms with E-state index in [0.717, 1.165) is 34.5 Å². The predicted octanol–water partition coefficient (Wildman–Crippen LogP) is 4.04. The predicted molar refractivity (Wildman–Crippen MR) is 89.6 cm³/mol. The molecule has 1 aliphatic heterocycles. The maximum Gasteiger partial charge on any atom is 0.136 e. The average Bonchev–Trinajstić information content (AvgIpc) is 3.03. The lowest BCUT2D eigenvalue weighted by Crippen LogP contribution is -2.32. The molecule has 0 fully saturated rings. The molecule has 1 aliphatic rings. The minimum absolute atomic E-state index is 0.149. The number of hydrogen-bond donors (Lipinski definition) is 0. The van der Waals surface area contributed by atoms with E-state index in [1.165, 1.54) is 6.07 Å². The van der Waals surface area contributed by atoms with Gasteiger partial charge in [0.15, 0.2) is 0 Å². The molecule has 1 unspecified atom stereocenters. The Kier molecular flexibility index (Phi) is 3.08. The van der Waals surface area contributed by atoms with Gasteiger partial charge in [-0.3, -0.25) is 4.99 Å². The largest absolute Gasteiger partial charge is 0.308 e. The third kappa shape index (κ3) is 2.25. The van der Waals surface area contributed by atoms with Gasteiger partial charge in [0.1, 0.15) is 11.5 Å². The number of hydrogen-bond acceptors (Lipinski definition) is 2. The summed E-state index contributed by atoms with van der Waals surface area (Å²) in [5, 5.41) is 0. The van der Waals surface area contributed by atoms with Crippen molar-refractivity contribution in [3.63, 3.8) is 0 Å². The second-order valence-electron chi connectivity index (χ2n) is 6.37. The molecule has 0 amide bonds. The van der Waals surface area contributed by atoms with E-state index >= 15 is 0 Å². The number of aliphatic imine (C=N–C) groups is 1. The SMILES string of the molecule is CCC1(C)Cc2c(F)cccc2C(c2cnc3cccn3c2)=N1. The van der Waals surface area contributed by atoms with Crippen molar-refractivity contribution in [2.45, 2.75) is 32.2 Å². The lowest BCUT2D eigenvalue weighted by atomic mass is 9.82. The van der Waals surface area contributed by atoms with Gasteiger partial charge in [0.05, 0.1) is 11.3 Å². The quantitative estimate of drug-likeness (QED) is 0.703. The van der Waals surface area contributed by atoms with Crippen LogP contribution < -0.4 is 0 Å². The molecule has 4 rings (SSSR count). The van der Waals surface area contributed by atoms with Crippen molar-refractivity contribution in [2.75, 3.05) is 0 Å². The van der Waals surface area contributed by atoms with Gasteiger partial charge in [0.2, 0.25) is 0 Å². The summed E-state index contributed by atoms with van der Waals surface area (Å²) in [6.07, 6.45) is 7.29. The summed E-state index contributed by atoms with van der Waals surface area (Å²) in [6.45, 7) is 4.18. The minimum atomic E-state index is -0.282. The van der Waals surface area contributed by atoms with Crippen molar-refractivity contribution in [3.05, 3.63) is 71.4 Å². The maximum absolute atomic E-state index is 14.4. The summed E-state index contributed by atoms with van der Waals surface area (Å²) in [7, 11) is 0. The highest BCUT2D eigenvalue weighted by Gasteiger charge is 2.31. The molecular weight excluding hydrogens is 289 g/mol. The van der Waals surface area contributed by atoms with Crippen LogP contribution >= 0.6 is 0 Å². The summed E-state index contributed by atoms with van der Waals surface area (Å²) >= 11 is 0. The van der Waals surface area contributed by atoms with Gasteiger partial charge in [0.25, 0.3) is 0 Å². The molecule has 3 aromatic rings. The van der Waals surface area contributed by atoms with Crippen molar-refractivity contribution in [2.24, 2.45) is 4.99 Å². The summed E-state index contributed by atoms with van der Waals surface area (Å²) in [5.74, 6) is -0.149. The van der Waals surface area contributed by atoms with Crippen LogP contribution in [0.5, 0.6) is 0 Å². The van der Waals surface area contributed by atoms with Gasteiger partial charge < -0.3 is 4.40 Å². The number of nitrogens with zero attached hydrogens (tertiary/aromatic N) is 3. The Morgan fingerprint density at radius 1 is 1.26 bits per heavy atom. The van der Waals surface area contributed by atoms with Gasteiger partial charge in [-0.1, -0.05) is 19.1 Å². The smallest absolute Gasteiger partial charge is 0.136 e. The molecule has 0 aliphatic carbocycles. The van der Waals surface area contributed by atoms with Gasteiger partial charge >= 0.3 is 0 Å². The van der Waals surface area contributed by atoms with Crippen molar-refractivity contribution in [1.29, 1.82) is 0 Å². The van der Waals surface area contributed by atoms with E-state index in [-0.39, 0.29) is 11.4 Å². The van der Waals surface area contributed by atoms with E-state index in [1.54, 1.807) is 6.07 Å². The molecule has 116 valence electrons. The van der Waals surface area contributed by atoms with Crippen molar-refractivity contribution in [1.82, 2.24) is 9.38 Å². The Morgan fingerprint density at radius 3 is 2.96 bits per heavy atom. The Bertz CT molecular complexity index is 925. The monoisotopic (exact) mass is 307 g/mol. The molecular formula is C19H18FN3. The van der Waals surface area contributed by atoms with E-state index in [9.17, 15) is 4.39 Å². The van der Waals surface area contributed by atoms with Crippen molar-refractivity contribution < 1.29 is 4.39 Å². The van der Waals surface area contributed by atoms with Gasteiger partial charge in [-0.2, -0.15) is 0 Å². The van der Waals surface area contributed by atoms with Gasteiger partial charge in [-0.25, -0.2) is 9.37 Å². The zero-order chi connectivity index (χ0) is 16.0. The summed E-state index contributed by atoms with van der Waals surface area (Å²) in [6, 6.07) is 9.15. The highest BCUT2D eigenvalue weighted by molar-refractivity contribution is 6.14. The van der Waals surface area contributed by atoms with Crippen LogP contribution in [-0.4, -0.2) is 20.6 Å². The lowest BCUT2D eigenvalue weighted by molar-refractivity contribution is 0.437. The number of halogens is 1. The van der Waals surface area contributed by atoms with Crippen LogP contribution in [-0.2, 0) is 6.42 Å². The first-order valence-corrected chi connectivity index (χ1v) is 7.90. The van der Waals surface area contributed by atoms with Crippen LogP contribution in [0.3, 0.4) is 0 Å². The third-order valence-electron chi connectivity index (χ3n) is 4.72. The normalized spacial score (nSPS) is 20.4. The molecule has 2 aromatic heterocycles. The Hall–Kier alpha value is -2.49. The van der Waals surface area contributed by atoms with Crippen LogP contribution in [0.25, 0.3) is 5.65 Å². The number of aromatic nitrogens is 2. The first kappa shape index (κ1) is 14.1. The molecule has 0 N–H and O–H groups in total. The molecule has 1 atom stereocenters. The molecule has 3 heterocycles. The average molecular weight is 307 g/mol. The van der Waals surface area contributed by atoms with E-state index in [4.69, 9.17) is 4.99 Å². The molecule has 1 aromatic carbocycles. The van der Waals surface area contributed by atoms with E-state index < -0.39 is 0 Å². The Morgan fingerprint density at radius 2 is 2.13 bits per heavy atom. The number of benzene rings is 1. The molecule has 0 saturated carbocycles. The fourth-order valence-electron chi connectivity index (χ4n) is 3.18. The summed E-state index contributed by atoms with van der Waals surface area (Å²) in [4.78, 5) is 9.45. The van der Waals surface area contributed by atoms with E-state index in [1.807, 2.05) is 41.2 Å². The zero-order valence-corrected chi connectivity index (χ0v) is 13.3. The molecule has 0 radical (unpaired) electrons. The first-order chi connectivity index (χ1) is 11.1. The zero-order valence-electron chi connectivity index (χ0n) is 13.3. The van der Waals surface area contributed by atoms with E-state index in [0.29, 0.717) is 6.42 Å². The highest BCUT2D eigenvalue weighted by Crippen LogP contribution is 2.33. The molecule has 4 heteroatoms. The molecule has 23 heavy (non-hydrogen) atoms. The standard InChI is InChI=1S/C19H18FN3/c1-3-19(2)10-15-14(6-4-7-16(15)20)18(22-19)13-11-21-17-8-5-9-23(17)12-13/h4-9,11-12H,3,10H2,1-2H3. The molecule has 0 spiro atoms. The third-order valence-corrected chi connectivity index (χ3v) is 4.72. The molecule has 0 bridgehead atoms. The van der Waals surface area contributed by atoms with Crippen LogP contribution in [0, 0.1) is 5.82 Å². The van der Waals surface area contributed by atoms with Gasteiger partial charge in [-0.05, 0) is 37.1 Å². The second kappa shape index (κ2) is 5.01. The van der Waals surface area contributed by atoms with Crippen LogP contribution in [0.2, 0.25) is 0 Å². The Balaban J connectivity index is 1.95. The minimum Gasteiger partial charge on any atom is -0.308 e. The topological polar surface area (TPSA) is 29.7 Å². The number of rotatable bonds is 2. The molecule has 0 saturated heterocycles. The van der Waals surface area contributed by atoms with Gasteiger partial charge in [-0.15, -0.1) is 0 Å². The Labute approximate surface area is 134 Å². The fourth-order valence-corrected chi connectivity index (χ4v) is 3.18. The van der Waals surface area contributed by atoms with Crippen LogP contribution in [0.15, 0.2) is 53.9 Å². The maximum atomic E-state index is 14.4. The van der Waals surface area contributed by atoms with Gasteiger partial charge in [0, 0.05) is 36.1 Å². The summed E-state index contributed by atoms with van der Waals surface area (Å²) < 4.78 is 16.3. The van der Waals surface area contributed by atoms with Crippen LogP contribution in [0.1, 0.15) is 37.0 Å². The van der Waals surface area contributed by atoms with Crippen LogP contribution in [0.4, 0.5) is 4.39 Å². The lowest BCUT2D eigenvalue weighted by Gasteiger charge is -2.31. The summed E-state index contributed by atoms with van der Waals surface area (Å²) in [5.41, 5.74) is 4.00. The first-order valence-electron chi connectivity index (χ1n) is 7.90. The van der Waals surface area contributed by atoms with Crippen molar-refractivity contribution in [3.8, 4) is 0 Å². The molecule has 3 nitrogen and oxygen atoms in total. The fraction of sp³-hybridized carbons (Fsp3) is 0.263. The highest BCUT2D eigenvalue weighted by atomic mass is 19.1. The number of fused-ring (bicyclic) bond motifs is 2. The second-order valence-corrected chi connectivity index (χ2v) is 6.37.